The van der Waals surface area contributed by atoms with Gasteiger partial charge in [-0.25, -0.2) is 0 Å². The first-order valence-corrected chi connectivity index (χ1v) is 9.02. The van der Waals surface area contributed by atoms with Gasteiger partial charge in [0.15, 0.2) is 0 Å². The molecule has 2 heterocycles. The largest absolute Gasteiger partial charge is 0.467 e. The minimum Gasteiger partial charge on any atom is -0.467 e. The van der Waals surface area contributed by atoms with Crippen LogP contribution in [0.2, 0.25) is 5.02 Å². The van der Waals surface area contributed by atoms with E-state index in [2.05, 4.69) is 10.4 Å². The summed E-state index contributed by atoms with van der Waals surface area (Å²) in [7, 11) is 0. The van der Waals surface area contributed by atoms with E-state index in [0.29, 0.717) is 17.1 Å². The third kappa shape index (κ3) is 3.73. The van der Waals surface area contributed by atoms with Gasteiger partial charge in [0.1, 0.15) is 5.76 Å². The Morgan fingerprint density at radius 2 is 2.04 bits per heavy atom. The second-order valence-electron chi connectivity index (χ2n) is 6.41. The van der Waals surface area contributed by atoms with Crippen molar-refractivity contribution in [2.75, 3.05) is 0 Å². The van der Waals surface area contributed by atoms with E-state index >= 15 is 0 Å². The predicted molar refractivity (Wildman–Crippen MR) is 105 cm³/mol. The van der Waals surface area contributed by atoms with Gasteiger partial charge in [0.25, 0.3) is 5.91 Å². The van der Waals surface area contributed by atoms with E-state index in [1.165, 1.54) is 0 Å². The highest BCUT2D eigenvalue weighted by Gasteiger charge is 2.15. The number of carbonyl (C=O) groups is 1. The molecule has 0 fully saturated rings. The molecule has 2 aromatic heterocycles. The Kier molecular flexibility index (Phi) is 4.69. The SMILES string of the molecule is C[C@H](NC(=O)c1ccc2cnn(Cc3ccc(Cl)cc3)c2c1)c1ccco1. The molecule has 1 amide bonds. The monoisotopic (exact) mass is 379 g/mol. The van der Waals surface area contributed by atoms with Crippen LogP contribution < -0.4 is 5.32 Å². The Bertz CT molecular complexity index is 1070. The van der Waals surface area contributed by atoms with Crippen LogP contribution in [0, 0.1) is 0 Å². The number of fused-ring (bicyclic) bond motifs is 1. The summed E-state index contributed by atoms with van der Waals surface area (Å²) in [5.41, 5.74) is 2.58. The van der Waals surface area contributed by atoms with Crippen LogP contribution in [-0.2, 0) is 6.54 Å². The number of furan rings is 1. The molecule has 1 atom stereocenters. The maximum Gasteiger partial charge on any atom is 0.251 e. The molecule has 0 radical (unpaired) electrons. The van der Waals surface area contributed by atoms with Gasteiger partial charge in [-0.2, -0.15) is 5.10 Å². The second kappa shape index (κ2) is 7.29. The summed E-state index contributed by atoms with van der Waals surface area (Å²) in [5, 5.41) is 9.09. The highest BCUT2D eigenvalue weighted by molar-refractivity contribution is 6.30. The fourth-order valence-electron chi connectivity index (χ4n) is 2.99. The van der Waals surface area contributed by atoms with E-state index in [0.717, 1.165) is 22.2 Å². The first-order valence-electron chi connectivity index (χ1n) is 8.64. The number of halogens is 1. The zero-order valence-electron chi connectivity index (χ0n) is 14.7. The lowest BCUT2D eigenvalue weighted by Crippen LogP contribution is -2.26. The van der Waals surface area contributed by atoms with Crippen LogP contribution in [0.1, 0.15) is 34.6 Å². The van der Waals surface area contributed by atoms with Crippen molar-refractivity contribution in [2.45, 2.75) is 19.5 Å². The van der Waals surface area contributed by atoms with Crippen molar-refractivity contribution in [2.24, 2.45) is 0 Å². The van der Waals surface area contributed by atoms with Crippen molar-refractivity contribution in [3.8, 4) is 0 Å². The zero-order chi connectivity index (χ0) is 18.8. The molecule has 1 N–H and O–H groups in total. The first kappa shape index (κ1) is 17.4. The molecule has 27 heavy (non-hydrogen) atoms. The zero-order valence-corrected chi connectivity index (χ0v) is 15.5. The number of hydrogen-bond donors (Lipinski definition) is 1. The fourth-order valence-corrected chi connectivity index (χ4v) is 3.12. The summed E-state index contributed by atoms with van der Waals surface area (Å²) < 4.78 is 7.23. The minimum atomic E-state index is -0.206. The van der Waals surface area contributed by atoms with Crippen LogP contribution >= 0.6 is 11.6 Å². The molecule has 0 spiro atoms. The van der Waals surface area contributed by atoms with Gasteiger partial charge in [0, 0.05) is 16.0 Å². The van der Waals surface area contributed by atoms with E-state index < -0.39 is 0 Å². The quantitative estimate of drug-likeness (QED) is 0.540. The summed E-state index contributed by atoms with van der Waals surface area (Å²) in [4.78, 5) is 12.6. The van der Waals surface area contributed by atoms with Crippen LogP contribution in [0.4, 0.5) is 0 Å². The summed E-state index contributed by atoms with van der Waals surface area (Å²) >= 11 is 5.95. The van der Waals surface area contributed by atoms with Gasteiger partial charge in [0.05, 0.1) is 30.6 Å². The number of nitrogens with zero attached hydrogens (tertiary/aromatic N) is 2. The molecule has 0 saturated heterocycles. The number of nitrogens with one attached hydrogen (secondary N) is 1. The summed E-state index contributed by atoms with van der Waals surface area (Å²) in [5.74, 6) is 0.567. The first-order chi connectivity index (χ1) is 13.1. The van der Waals surface area contributed by atoms with Crippen LogP contribution in [0.5, 0.6) is 0 Å². The number of aromatic nitrogens is 2. The van der Waals surface area contributed by atoms with E-state index in [1.54, 1.807) is 24.6 Å². The lowest BCUT2D eigenvalue weighted by Gasteiger charge is -2.12. The van der Waals surface area contributed by atoms with Gasteiger partial charge in [0.2, 0.25) is 0 Å². The van der Waals surface area contributed by atoms with E-state index in [-0.39, 0.29) is 11.9 Å². The maximum absolute atomic E-state index is 12.6. The van der Waals surface area contributed by atoms with Crippen LogP contribution in [0.3, 0.4) is 0 Å². The Labute approximate surface area is 161 Å². The average molecular weight is 380 g/mol. The van der Waals surface area contributed by atoms with Crippen molar-refractivity contribution >= 4 is 28.4 Å². The third-order valence-electron chi connectivity index (χ3n) is 4.47. The molecule has 136 valence electrons. The van der Waals surface area contributed by atoms with Crippen molar-refractivity contribution in [3.05, 3.63) is 89.0 Å². The Morgan fingerprint density at radius 3 is 2.78 bits per heavy atom. The summed E-state index contributed by atoms with van der Waals surface area (Å²) in [6.07, 6.45) is 3.40. The molecule has 4 rings (SSSR count). The second-order valence-corrected chi connectivity index (χ2v) is 6.85. The van der Waals surface area contributed by atoms with Crippen molar-refractivity contribution in [1.29, 1.82) is 0 Å². The Morgan fingerprint density at radius 1 is 1.22 bits per heavy atom. The van der Waals surface area contributed by atoms with Gasteiger partial charge in [-0.3, -0.25) is 9.48 Å². The van der Waals surface area contributed by atoms with E-state index in [9.17, 15) is 4.79 Å². The van der Waals surface area contributed by atoms with Gasteiger partial charge >= 0.3 is 0 Å². The normalized spacial score (nSPS) is 12.2. The van der Waals surface area contributed by atoms with Gasteiger partial charge in [-0.05, 0) is 48.9 Å². The Hall–Kier alpha value is -3.05. The average Bonchev–Trinajstić information content (AvgIpc) is 3.34. The van der Waals surface area contributed by atoms with Crippen molar-refractivity contribution < 1.29 is 9.21 Å². The molecule has 6 heteroatoms. The molecule has 0 aliphatic rings. The lowest BCUT2D eigenvalue weighted by molar-refractivity contribution is 0.0935. The number of hydrogen-bond acceptors (Lipinski definition) is 3. The van der Waals surface area contributed by atoms with Crippen LogP contribution in [-0.4, -0.2) is 15.7 Å². The molecular formula is C21H18ClN3O2. The molecule has 0 bridgehead atoms. The number of carbonyl (C=O) groups excluding carboxylic acids is 1. The number of amides is 1. The minimum absolute atomic E-state index is 0.153. The summed E-state index contributed by atoms with van der Waals surface area (Å²) in [6, 6.07) is 16.7. The van der Waals surface area contributed by atoms with Gasteiger partial charge in [-0.1, -0.05) is 29.8 Å². The van der Waals surface area contributed by atoms with E-state index in [4.69, 9.17) is 16.0 Å². The van der Waals surface area contributed by atoms with E-state index in [1.807, 2.05) is 54.1 Å². The lowest BCUT2D eigenvalue weighted by atomic mass is 10.1. The predicted octanol–water partition coefficient (Wildman–Crippen LogP) is 4.82. The van der Waals surface area contributed by atoms with Crippen LogP contribution in [0.25, 0.3) is 10.9 Å². The van der Waals surface area contributed by atoms with Crippen molar-refractivity contribution in [3.63, 3.8) is 0 Å². The molecule has 4 aromatic rings. The molecule has 2 aromatic carbocycles. The fraction of sp³-hybridized carbons (Fsp3) is 0.143. The molecule has 0 saturated carbocycles. The smallest absolute Gasteiger partial charge is 0.251 e. The van der Waals surface area contributed by atoms with Crippen LogP contribution in [0.15, 0.2) is 71.5 Å². The third-order valence-corrected chi connectivity index (χ3v) is 4.72. The molecule has 0 aliphatic carbocycles. The highest BCUT2D eigenvalue weighted by atomic mass is 35.5. The number of rotatable bonds is 5. The maximum atomic E-state index is 12.6. The van der Waals surface area contributed by atoms with Gasteiger partial charge < -0.3 is 9.73 Å². The Balaban J connectivity index is 1.57. The standard InChI is InChI=1S/C21H18ClN3O2/c1-14(20-3-2-10-27-20)24-21(26)16-6-7-17-12-23-25(19(17)11-16)13-15-4-8-18(22)9-5-15/h2-12,14H,13H2,1H3,(H,24,26)/t14-/m0/s1. The molecular weight excluding hydrogens is 362 g/mol. The molecule has 5 nitrogen and oxygen atoms in total. The highest BCUT2D eigenvalue weighted by Crippen LogP contribution is 2.19. The topological polar surface area (TPSA) is 60.1 Å². The summed E-state index contributed by atoms with van der Waals surface area (Å²) in [6.45, 7) is 2.49. The van der Waals surface area contributed by atoms with Gasteiger partial charge in [-0.15, -0.1) is 0 Å². The molecule has 0 aliphatic heterocycles. The van der Waals surface area contributed by atoms with Crippen molar-refractivity contribution in [1.82, 2.24) is 15.1 Å². The number of benzene rings is 2. The molecule has 0 unspecified atom stereocenters.